The van der Waals surface area contributed by atoms with Gasteiger partial charge in [0, 0.05) is 21.4 Å². The van der Waals surface area contributed by atoms with Crippen LogP contribution in [0.4, 0.5) is 10.1 Å². The highest BCUT2D eigenvalue weighted by atomic mass is 32.2. The molecule has 0 radical (unpaired) electrons. The number of rotatable bonds is 3. The minimum absolute atomic E-state index is 0.0282. The van der Waals surface area contributed by atoms with Crippen LogP contribution in [0.1, 0.15) is 31.5 Å². The molecule has 3 nitrogen and oxygen atoms in total. The number of hydrogen-bond acceptors (Lipinski definition) is 4. The van der Waals surface area contributed by atoms with Gasteiger partial charge in [0.15, 0.2) is 0 Å². The molecule has 2 aromatic rings. The van der Waals surface area contributed by atoms with E-state index in [1.807, 2.05) is 5.38 Å². The first kappa shape index (κ1) is 15.1. The molecule has 6 heteroatoms. The van der Waals surface area contributed by atoms with Gasteiger partial charge < -0.3 is 5.73 Å². The van der Waals surface area contributed by atoms with E-state index in [1.54, 1.807) is 0 Å². The van der Waals surface area contributed by atoms with Gasteiger partial charge in [0.25, 0.3) is 0 Å². The number of benzene rings is 1. The highest BCUT2D eigenvalue weighted by molar-refractivity contribution is 7.84. The monoisotopic (exact) mass is 312 g/mol. The molecule has 0 aliphatic heterocycles. The van der Waals surface area contributed by atoms with Gasteiger partial charge in [-0.2, -0.15) is 0 Å². The SMILES string of the molecule is CC(C)(C)c1csc(CS(=O)c2cc(N)cc(F)c2)n1. The molecule has 1 aromatic carbocycles. The number of hydrogen-bond donors (Lipinski definition) is 1. The first-order chi connectivity index (χ1) is 9.25. The summed E-state index contributed by atoms with van der Waals surface area (Å²) >= 11 is 1.48. The summed E-state index contributed by atoms with van der Waals surface area (Å²) in [7, 11) is -1.34. The molecule has 20 heavy (non-hydrogen) atoms. The van der Waals surface area contributed by atoms with E-state index >= 15 is 0 Å². The largest absolute Gasteiger partial charge is 0.399 e. The molecule has 0 fully saturated rings. The molecule has 0 saturated carbocycles. The molecule has 1 atom stereocenters. The molecule has 1 aromatic heterocycles. The van der Waals surface area contributed by atoms with Gasteiger partial charge in [-0.3, -0.25) is 4.21 Å². The molecule has 0 spiro atoms. The Kier molecular flexibility index (Phi) is 4.25. The second-order valence-corrected chi connectivity index (χ2v) is 7.98. The maximum absolute atomic E-state index is 13.3. The number of anilines is 1. The lowest BCUT2D eigenvalue weighted by atomic mass is 9.93. The second-order valence-electron chi connectivity index (χ2n) is 5.59. The third kappa shape index (κ3) is 3.64. The summed E-state index contributed by atoms with van der Waals surface area (Å²) in [6.07, 6.45) is 0. The van der Waals surface area contributed by atoms with Crippen molar-refractivity contribution in [2.24, 2.45) is 0 Å². The van der Waals surface area contributed by atoms with Gasteiger partial charge in [-0.15, -0.1) is 11.3 Å². The van der Waals surface area contributed by atoms with Crippen LogP contribution >= 0.6 is 11.3 Å². The van der Waals surface area contributed by atoms with Crippen LogP contribution in [0.15, 0.2) is 28.5 Å². The Morgan fingerprint density at radius 2 is 2.05 bits per heavy atom. The first-order valence-electron chi connectivity index (χ1n) is 6.15. The topological polar surface area (TPSA) is 56.0 Å². The van der Waals surface area contributed by atoms with Gasteiger partial charge in [0.2, 0.25) is 0 Å². The number of thiazole rings is 1. The number of nitrogens with zero attached hydrogens (tertiary/aromatic N) is 1. The van der Waals surface area contributed by atoms with E-state index < -0.39 is 16.6 Å². The number of aromatic nitrogens is 1. The van der Waals surface area contributed by atoms with Crippen LogP contribution < -0.4 is 5.73 Å². The summed E-state index contributed by atoms with van der Waals surface area (Å²) in [5, 5.41) is 2.77. The summed E-state index contributed by atoms with van der Waals surface area (Å²) in [6, 6.07) is 4.00. The second kappa shape index (κ2) is 5.61. The molecule has 1 heterocycles. The normalized spacial score (nSPS) is 13.4. The third-order valence-electron chi connectivity index (χ3n) is 2.73. The Morgan fingerprint density at radius 3 is 2.60 bits per heavy atom. The summed E-state index contributed by atoms with van der Waals surface area (Å²) in [4.78, 5) is 4.89. The van der Waals surface area contributed by atoms with Gasteiger partial charge in [0.05, 0.1) is 22.2 Å². The smallest absolute Gasteiger partial charge is 0.126 e. The van der Waals surface area contributed by atoms with Crippen molar-refractivity contribution in [3.8, 4) is 0 Å². The Balaban J connectivity index is 2.17. The Hall–Kier alpha value is -1.27. The number of nitrogen functional groups attached to an aromatic ring is 1. The van der Waals surface area contributed by atoms with E-state index in [0.717, 1.165) is 10.7 Å². The van der Waals surface area contributed by atoms with Gasteiger partial charge in [-0.25, -0.2) is 9.37 Å². The van der Waals surface area contributed by atoms with Gasteiger partial charge in [-0.05, 0) is 18.2 Å². The van der Waals surface area contributed by atoms with Crippen LogP contribution in [0, 0.1) is 5.82 Å². The van der Waals surface area contributed by atoms with Crippen LogP contribution in [0.25, 0.3) is 0 Å². The predicted octanol–water partition coefficient (Wildman–Crippen LogP) is 3.47. The molecule has 2 rings (SSSR count). The van der Waals surface area contributed by atoms with E-state index in [9.17, 15) is 8.60 Å². The van der Waals surface area contributed by atoms with E-state index in [0.29, 0.717) is 4.90 Å². The molecule has 0 amide bonds. The van der Waals surface area contributed by atoms with E-state index in [1.165, 1.54) is 29.5 Å². The minimum Gasteiger partial charge on any atom is -0.399 e. The lowest BCUT2D eigenvalue weighted by Crippen LogP contribution is -2.11. The van der Waals surface area contributed by atoms with Gasteiger partial charge >= 0.3 is 0 Å². The maximum atomic E-state index is 13.3. The third-order valence-corrected chi connectivity index (χ3v) is 5.06. The molecule has 0 aliphatic carbocycles. The van der Waals surface area contributed by atoms with Crippen LogP contribution in [0.3, 0.4) is 0 Å². The molecule has 0 aliphatic rings. The van der Waals surface area contributed by atoms with Crippen molar-refractivity contribution >= 4 is 27.8 Å². The molecule has 2 N–H and O–H groups in total. The van der Waals surface area contributed by atoms with Gasteiger partial charge in [-0.1, -0.05) is 20.8 Å². The van der Waals surface area contributed by atoms with E-state index in [4.69, 9.17) is 5.73 Å². The Bertz CT molecular complexity index is 627. The average molecular weight is 312 g/mol. The summed E-state index contributed by atoms with van der Waals surface area (Å²) < 4.78 is 25.5. The zero-order chi connectivity index (χ0) is 14.9. The van der Waals surface area contributed by atoms with E-state index in [-0.39, 0.29) is 16.9 Å². The molecular formula is C14H17FN2OS2. The summed E-state index contributed by atoms with van der Waals surface area (Å²) in [5.74, 6) is -0.188. The molecule has 0 saturated heterocycles. The first-order valence-corrected chi connectivity index (χ1v) is 8.35. The number of nitrogens with two attached hydrogens (primary N) is 1. The molecule has 0 bridgehead atoms. The summed E-state index contributed by atoms with van der Waals surface area (Å²) in [6.45, 7) is 6.24. The predicted molar refractivity (Wildman–Crippen MR) is 81.7 cm³/mol. The van der Waals surface area contributed by atoms with Crippen molar-refractivity contribution in [2.45, 2.75) is 36.8 Å². The van der Waals surface area contributed by atoms with Crippen LogP contribution in [-0.2, 0) is 22.0 Å². The number of halogens is 1. The zero-order valence-corrected chi connectivity index (χ0v) is 13.3. The summed E-state index contributed by atoms with van der Waals surface area (Å²) in [5.41, 5.74) is 6.80. The average Bonchev–Trinajstić information content (AvgIpc) is 2.75. The Morgan fingerprint density at radius 1 is 1.35 bits per heavy atom. The fourth-order valence-corrected chi connectivity index (χ4v) is 4.00. The minimum atomic E-state index is -1.34. The van der Waals surface area contributed by atoms with Crippen molar-refractivity contribution in [3.63, 3.8) is 0 Å². The van der Waals surface area contributed by atoms with E-state index in [2.05, 4.69) is 25.8 Å². The van der Waals surface area contributed by atoms with Crippen molar-refractivity contribution in [2.75, 3.05) is 5.73 Å². The fraction of sp³-hybridized carbons (Fsp3) is 0.357. The van der Waals surface area contributed by atoms with Crippen LogP contribution in [0.5, 0.6) is 0 Å². The van der Waals surface area contributed by atoms with Crippen molar-refractivity contribution in [3.05, 3.63) is 40.1 Å². The van der Waals surface area contributed by atoms with Crippen LogP contribution in [-0.4, -0.2) is 9.19 Å². The van der Waals surface area contributed by atoms with Crippen molar-refractivity contribution in [1.82, 2.24) is 4.98 Å². The molecular weight excluding hydrogens is 295 g/mol. The highest BCUT2D eigenvalue weighted by Crippen LogP contribution is 2.25. The fourth-order valence-electron chi connectivity index (χ4n) is 1.63. The van der Waals surface area contributed by atoms with Gasteiger partial charge in [0.1, 0.15) is 10.8 Å². The zero-order valence-electron chi connectivity index (χ0n) is 11.6. The standard InChI is InChI=1S/C14H17FN2OS2/c1-14(2,3)12-7-19-13(17-12)8-20(18)11-5-9(15)4-10(16)6-11/h4-7H,8,16H2,1-3H3. The maximum Gasteiger partial charge on any atom is 0.126 e. The Labute approximate surface area is 124 Å². The lowest BCUT2D eigenvalue weighted by Gasteiger charge is -2.14. The van der Waals surface area contributed by atoms with Crippen molar-refractivity contribution < 1.29 is 8.60 Å². The molecule has 108 valence electrons. The highest BCUT2D eigenvalue weighted by Gasteiger charge is 2.18. The van der Waals surface area contributed by atoms with Crippen molar-refractivity contribution in [1.29, 1.82) is 0 Å². The lowest BCUT2D eigenvalue weighted by molar-refractivity contribution is 0.571. The van der Waals surface area contributed by atoms with Crippen LogP contribution in [0.2, 0.25) is 0 Å². The molecule has 1 unspecified atom stereocenters. The quantitative estimate of drug-likeness (QED) is 0.883.